The van der Waals surface area contributed by atoms with E-state index in [2.05, 4.69) is 25.9 Å². The minimum Gasteiger partial charge on any atom is -0.295 e. The highest BCUT2D eigenvalue weighted by Crippen LogP contribution is 2.23. The number of aryl methyl sites for hydroxylation is 1. The third-order valence-corrected chi connectivity index (χ3v) is 3.76. The average molecular weight is 272 g/mol. The van der Waals surface area contributed by atoms with Gasteiger partial charge in [-0.3, -0.25) is 9.36 Å². The van der Waals surface area contributed by atoms with Crippen LogP contribution >= 0.6 is 27.3 Å². The van der Waals surface area contributed by atoms with Crippen molar-refractivity contribution < 1.29 is 0 Å². The minimum atomic E-state index is 0.00412. The SMILES string of the molecule is O=c1c2nc(Br)sc2nc2n1CCC2. The number of nitrogens with zero attached hydrogens (tertiary/aromatic N) is 3. The molecule has 0 fully saturated rings. The molecule has 0 aromatic carbocycles. The van der Waals surface area contributed by atoms with Crippen molar-refractivity contribution in [1.82, 2.24) is 14.5 Å². The van der Waals surface area contributed by atoms with Gasteiger partial charge in [0.15, 0.2) is 14.3 Å². The fourth-order valence-corrected chi connectivity index (χ4v) is 3.06. The Kier molecular flexibility index (Phi) is 1.75. The van der Waals surface area contributed by atoms with Crippen molar-refractivity contribution in [2.24, 2.45) is 0 Å². The average Bonchev–Trinajstić information content (AvgIpc) is 2.71. The van der Waals surface area contributed by atoms with Gasteiger partial charge in [-0.2, -0.15) is 0 Å². The lowest BCUT2D eigenvalue weighted by Crippen LogP contribution is -2.20. The fourth-order valence-electron chi connectivity index (χ4n) is 1.74. The van der Waals surface area contributed by atoms with Gasteiger partial charge in [0.25, 0.3) is 5.56 Å². The molecule has 1 aliphatic rings. The van der Waals surface area contributed by atoms with Gasteiger partial charge in [-0.25, -0.2) is 9.97 Å². The molecule has 0 saturated heterocycles. The Hall–Kier alpha value is -0.750. The molecule has 6 heteroatoms. The van der Waals surface area contributed by atoms with E-state index in [1.165, 1.54) is 11.3 Å². The molecule has 0 radical (unpaired) electrons. The third-order valence-electron chi connectivity index (χ3n) is 2.36. The van der Waals surface area contributed by atoms with Crippen LogP contribution in [0.4, 0.5) is 0 Å². The first-order valence-corrected chi connectivity index (χ1v) is 5.92. The lowest BCUT2D eigenvalue weighted by atomic mass is 10.4. The molecule has 0 saturated carbocycles. The molecule has 2 aromatic heterocycles. The summed E-state index contributed by atoms with van der Waals surface area (Å²) in [4.78, 5) is 21.2. The van der Waals surface area contributed by atoms with Gasteiger partial charge in [0.05, 0.1) is 0 Å². The molecule has 3 rings (SSSR count). The molecule has 1 aliphatic heterocycles. The van der Waals surface area contributed by atoms with Gasteiger partial charge in [-0.15, -0.1) is 0 Å². The van der Waals surface area contributed by atoms with Crippen LogP contribution in [0.25, 0.3) is 10.3 Å². The Balaban J connectivity index is 2.49. The van der Waals surface area contributed by atoms with Gasteiger partial charge in [0.1, 0.15) is 5.82 Å². The van der Waals surface area contributed by atoms with E-state index in [1.807, 2.05) is 0 Å². The zero-order valence-electron chi connectivity index (χ0n) is 7.16. The Morgan fingerprint density at radius 1 is 1.43 bits per heavy atom. The second kappa shape index (κ2) is 2.87. The summed E-state index contributed by atoms with van der Waals surface area (Å²) < 4.78 is 2.45. The molecule has 0 spiro atoms. The van der Waals surface area contributed by atoms with Crippen LogP contribution < -0.4 is 5.56 Å². The number of rotatable bonds is 0. The van der Waals surface area contributed by atoms with Crippen molar-refractivity contribution in [3.8, 4) is 0 Å². The molecule has 3 heterocycles. The highest BCUT2D eigenvalue weighted by atomic mass is 79.9. The minimum absolute atomic E-state index is 0.00412. The summed E-state index contributed by atoms with van der Waals surface area (Å²) in [6, 6.07) is 0. The summed E-state index contributed by atoms with van der Waals surface area (Å²) in [6.45, 7) is 0.784. The van der Waals surface area contributed by atoms with E-state index < -0.39 is 0 Å². The van der Waals surface area contributed by atoms with Gasteiger partial charge in [0.2, 0.25) is 0 Å². The van der Waals surface area contributed by atoms with Crippen LogP contribution in [0.1, 0.15) is 12.2 Å². The van der Waals surface area contributed by atoms with E-state index in [0.29, 0.717) is 5.52 Å². The van der Waals surface area contributed by atoms with Crippen LogP contribution in [-0.4, -0.2) is 14.5 Å². The third kappa shape index (κ3) is 1.07. The monoisotopic (exact) mass is 271 g/mol. The van der Waals surface area contributed by atoms with Crippen molar-refractivity contribution in [3.05, 3.63) is 20.1 Å². The Labute approximate surface area is 91.7 Å². The predicted molar refractivity (Wildman–Crippen MR) is 57.7 cm³/mol. The number of hydrogen-bond acceptors (Lipinski definition) is 4. The Morgan fingerprint density at radius 3 is 3.14 bits per heavy atom. The van der Waals surface area contributed by atoms with Crippen LogP contribution in [0.15, 0.2) is 8.71 Å². The standard InChI is InChI=1S/C8H6BrN3OS/c9-8-11-5-6(14-8)10-4-2-1-3-12(4)7(5)13/h1-3H2. The quantitative estimate of drug-likeness (QED) is 0.731. The smallest absolute Gasteiger partial charge is 0.280 e. The first-order chi connectivity index (χ1) is 6.75. The largest absolute Gasteiger partial charge is 0.295 e. The van der Waals surface area contributed by atoms with E-state index in [0.717, 1.165) is 34.0 Å². The molecule has 14 heavy (non-hydrogen) atoms. The summed E-state index contributed by atoms with van der Waals surface area (Å²) >= 11 is 4.68. The number of hydrogen-bond donors (Lipinski definition) is 0. The molecule has 0 unspecified atom stereocenters. The summed E-state index contributed by atoms with van der Waals surface area (Å²) in [5.74, 6) is 0.902. The van der Waals surface area contributed by atoms with Crippen molar-refractivity contribution in [3.63, 3.8) is 0 Å². The number of halogens is 1. The van der Waals surface area contributed by atoms with Crippen molar-refractivity contribution >= 4 is 37.6 Å². The number of thiazole rings is 1. The van der Waals surface area contributed by atoms with Gasteiger partial charge in [0, 0.05) is 13.0 Å². The summed E-state index contributed by atoms with van der Waals surface area (Å²) in [5.41, 5.74) is 0.497. The predicted octanol–water partition coefficient (Wildman–Crippen LogP) is 1.56. The molecular formula is C8H6BrN3OS. The van der Waals surface area contributed by atoms with Crippen LogP contribution in [0.5, 0.6) is 0 Å². The summed E-state index contributed by atoms with van der Waals surface area (Å²) in [6.07, 6.45) is 1.92. The highest BCUT2D eigenvalue weighted by molar-refractivity contribution is 9.11. The van der Waals surface area contributed by atoms with E-state index in [-0.39, 0.29) is 5.56 Å². The molecule has 72 valence electrons. The van der Waals surface area contributed by atoms with Crippen LogP contribution in [0.2, 0.25) is 0 Å². The second-order valence-electron chi connectivity index (χ2n) is 3.21. The van der Waals surface area contributed by atoms with E-state index >= 15 is 0 Å². The maximum absolute atomic E-state index is 11.9. The van der Waals surface area contributed by atoms with Crippen LogP contribution in [0, 0.1) is 0 Å². The van der Waals surface area contributed by atoms with Crippen molar-refractivity contribution in [2.75, 3.05) is 0 Å². The summed E-state index contributed by atoms with van der Waals surface area (Å²) in [7, 11) is 0. The molecule has 0 bridgehead atoms. The van der Waals surface area contributed by atoms with Crippen molar-refractivity contribution in [1.29, 1.82) is 0 Å². The summed E-state index contributed by atoms with van der Waals surface area (Å²) in [5, 5.41) is 0. The zero-order valence-corrected chi connectivity index (χ0v) is 9.56. The number of aromatic nitrogens is 3. The number of fused-ring (bicyclic) bond motifs is 2. The molecule has 0 atom stereocenters. The van der Waals surface area contributed by atoms with Gasteiger partial charge >= 0.3 is 0 Å². The molecular weight excluding hydrogens is 266 g/mol. The molecule has 0 amide bonds. The zero-order chi connectivity index (χ0) is 9.71. The highest BCUT2D eigenvalue weighted by Gasteiger charge is 2.18. The fraction of sp³-hybridized carbons (Fsp3) is 0.375. The maximum Gasteiger partial charge on any atom is 0.280 e. The topological polar surface area (TPSA) is 47.8 Å². The first-order valence-electron chi connectivity index (χ1n) is 4.31. The van der Waals surface area contributed by atoms with Crippen LogP contribution in [0.3, 0.4) is 0 Å². The Bertz CT molecular complexity index is 574. The molecule has 2 aromatic rings. The Morgan fingerprint density at radius 2 is 2.29 bits per heavy atom. The normalized spacial score (nSPS) is 14.9. The lowest BCUT2D eigenvalue weighted by molar-refractivity contribution is 0.718. The molecule has 4 nitrogen and oxygen atoms in total. The van der Waals surface area contributed by atoms with E-state index in [9.17, 15) is 4.79 Å². The van der Waals surface area contributed by atoms with Crippen molar-refractivity contribution in [2.45, 2.75) is 19.4 Å². The second-order valence-corrected chi connectivity index (χ2v) is 5.46. The van der Waals surface area contributed by atoms with Crippen LogP contribution in [-0.2, 0) is 13.0 Å². The van der Waals surface area contributed by atoms with Gasteiger partial charge < -0.3 is 0 Å². The molecule has 0 aliphatic carbocycles. The van der Waals surface area contributed by atoms with Gasteiger partial charge in [-0.05, 0) is 22.4 Å². The molecule has 0 N–H and O–H groups in total. The first kappa shape index (κ1) is 8.55. The lowest BCUT2D eigenvalue weighted by Gasteiger charge is -1.99. The van der Waals surface area contributed by atoms with E-state index in [1.54, 1.807) is 4.57 Å². The maximum atomic E-state index is 11.9. The van der Waals surface area contributed by atoms with E-state index in [4.69, 9.17) is 0 Å². The van der Waals surface area contributed by atoms with Gasteiger partial charge in [-0.1, -0.05) is 11.3 Å².